The van der Waals surface area contributed by atoms with Crippen LogP contribution in [0.1, 0.15) is 45.4 Å². The van der Waals surface area contributed by atoms with Gasteiger partial charge in [0.25, 0.3) is 0 Å². The molecule has 0 aromatic carbocycles. The average molecular weight is 199 g/mol. The topological polar surface area (TPSA) is 63.3 Å². The van der Waals surface area contributed by atoms with Gasteiger partial charge in [0.05, 0.1) is 0 Å². The first-order valence-corrected chi connectivity index (χ1v) is 5.61. The fourth-order valence-electron chi connectivity index (χ4n) is 2.34. The summed E-state index contributed by atoms with van der Waals surface area (Å²) >= 11 is 0. The molecule has 0 aliphatic heterocycles. The van der Waals surface area contributed by atoms with Crippen molar-refractivity contribution in [3.8, 4) is 0 Å². The number of carboxylic acids is 1. The largest absolute Gasteiger partial charge is 0.480 e. The van der Waals surface area contributed by atoms with Gasteiger partial charge >= 0.3 is 5.97 Å². The number of nitrogens with two attached hydrogens (primary N) is 1. The Morgan fingerprint density at radius 3 is 2.29 bits per heavy atom. The van der Waals surface area contributed by atoms with Gasteiger partial charge < -0.3 is 10.8 Å². The molecule has 14 heavy (non-hydrogen) atoms. The summed E-state index contributed by atoms with van der Waals surface area (Å²) in [6.07, 6.45) is 6.77. The molecule has 0 radical (unpaired) electrons. The van der Waals surface area contributed by atoms with Crippen LogP contribution in [0.3, 0.4) is 0 Å². The number of hydrogen-bond donors (Lipinski definition) is 2. The van der Waals surface area contributed by atoms with Crippen LogP contribution >= 0.6 is 0 Å². The molecule has 0 heterocycles. The van der Waals surface area contributed by atoms with E-state index in [-0.39, 0.29) is 0 Å². The van der Waals surface area contributed by atoms with E-state index in [1.807, 2.05) is 0 Å². The molecule has 0 spiro atoms. The van der Waals surface area contributed by atoms with E-state index in [1.165, 1.54) is 32.1 Å². The first-order valence-electron chi connectivity index (χ1n) is 5.61. The maximum atomic E-state index is 10.6. The highest BCUT2D eigenvalue weighted by Gasteiger charge is 2.23. The van der Waals surface area contributed by atoms with Gasteiger partial charge in [-0.2, -0.15) is 0 Å². The van der Waals surface area contributed by atoms with Crippen molar-refractivity contribution in [1.82, 2.24) is 0 Å². The molecule has 1 saturated carbocycles. The summed E-state index contributed by atoms with van der Waals surface area (Å²) in [6.45, 7) is 2.23. The number of rotatable bonds is 4. The number of carbonyl (C=O) groups is 1. The van der Waals surface area contributed by atoms with Crippen molar-refractivity contribution < 1.29 is 9.90 Å². The van der Waals surface area contributed by atoms with E-state index < -0.39 is 12.0 Å². The van der Waals surface area contributed by atoms with Crippen LogP contribution < -0.4 is 5.73 Å². The SMILES string of the molecule is CC[C@H]1CC[C@H](C[C@H](N)C(=O)O)CC1. The first kappa shape index (κ1) is 11.5. The van der Waals surface area contributed by atoms with Crippen molar-refractivity contribution in [3.63, 3.8) is 0 Å². The Morgan fingerprint density at radius 2 is 1.86 bits per heavy atom. The molecule has 0 aromatic heterocycles. The minimum Gasteiger partial charge on any atom is -0.480 e. The molecule has 1 atom stereocenters. The van der Waals surface area contributed by atoms with Crippen LogP contribution in [0.5, 0.6) is 0 Å². The van der Waals surface area contributed by atoms with Crippen LogP contribution in [0.15, 0.2) is 0 Å². The molecule has 1 aliphatic carbocycles. The van der Waals surface area contributed by atoms with Gasteiger partial charge in [0.1, 0.15) is 6.04 Å². The third-order valence-corrected chi connectivity index (χ3v) is 3.45. The average Bonchev–Trinajstić information content (AvgIpc) is 2.19. The Balaban J connectivity index is 2.25. The van der Waals surface area contributed by atoms with E-state index in [9.17, 15) is 4.79 Å². The van der Waals surface area contributed by atoms with Crippen molar-refractivity contribution >= 4 is 5.97 Å². The van der Waals surface area contributed by atoms with Crippen LogP contribution in [0.2, 0.25) is 0 Å². The molecule has 0 bridgehead atoms. The maximum absolute atomic E-state index is 10.6. The summed E-state index contributed by atoms with van der Waals surface area (Å²) in [5.41, 5.74) is 5.51. The zero-order valence-corrected chi connectivity index (χ0v) is 8.91. The van der Waals surface area contributed by atoms with Gasteiger partial charge in [0, 0.05) is 0 Å². The van der Waals surface area contributed by atoms with Crippen molar-refractivity contribution in [2.24, 2.45) is 17.6 Å². The summed E-state index contributed by atoms with van der Waals surface area (Å²) in [7, 11) is 0. The molecular formula is C11H21NO2. The number of hydrogen-bond acceptors (Lipinski definition) is 2. The van der Waals surface area contributed by atoms with E-state index in [4.69, 9.17) is 10.8 Å². The highest BCUT2D eigenvalue weighted by Crippen LogP contribution is 2.32. The van der Waals surface area contributed by atoms with Gasteiger partial charge in [-0.1, -0.05) is 39.0 Å². The van der Waals surface area contributed by atoms with E-state index in [1.54, 1.807) is 0 Å². The Hall–Kier alpha value is -0.570. The van der Waals surface area contributed by atoms with Gasteiger partial charge in [0.2, 0.25) is 0 Å². The standard InChI is InChI=1S/C11H21NO2/c1-2-8-3-5-9(6-4-8)7-10(12)11(13)14/h8-10H,2-7,12H2,1H3,(H,13,14)/t8-,9-,10-/m0/s1. The molecule has 0 unspecified atom stereocenters. The predicted octanol–water partition coefficient (Wildman–Crippen LogP) is 2.00. The lowest BCUT2D eigenvalue weighted by Crippen LogP contribution is -2.33. The molecule has 82 valence electrons. The van der Waals surface area contributed by atoms with Gasteiger partial charge in [-0.05, 0) is 18.3 Å². The minimum atomic E-state index is -0.859. The fraction of sp³-hybridized carbons (Fsp3) is 0.909. The lowest BCUT2D eigenvalue weighted by molar-refractivity contribution is -0.139. The van der Waals surface area contributed by atoms with Crippen LogP contribution in [-0.2, 0) is 4.79 Å². The first-order chi connectivity index (χ1) is 6.63. The van der Waals surface area contributed by atoms with Crippen LogP contribution in [0.4, 0.5) is 0 Å². The lowest BCUT2D eigenvalue weighted by Gasteiger charge is -2.28. The molecule has 3 heteroatoms. The van der Waals surface area contributed by atoms with E-state index >= 15 is 0 Å². The van der Waals surface area contributed by atoms with Gasteiger partial charge in [0.15, 0.2) is 0 Å². The zero-order valence-electron chi connectivity index (χ0n) is 8.91. The summed E-state index contributed by atoms with van der Waals surface area (Å²) in [5, 5.41) is 8.69. The van der Waals surface area contributed by atoms with Crippen molar-refractivity contribution in [2.45, 2.75) is 51.5 Å². The molecule has 3 nitrogen and oxygen atoms in total. The fourth-order valence-corrected chi connectivity index (χ4v) is 2.34. The monoisotopic (exact) mass is 199 g/mol. The summed E-state index contributed by atoms with van der Waals surface area (Å²) in [5.74, 6) is 0.554. The molecular weight excluding hydrogens is 178 g/mol. The second kappa shape index (κ2) is 5.35. The van der Waals surface area contributed by atoms with Gasteiger partial charge in [-0.15, -0.1) is 0 Å². The van der Waals surface area contributed by atoms with Crippen molar-refractivity contribution in [3.05, 3.63) is 0 Å². The third-order valence-electron chi connectivity index (χ3n) is 3.45. The zero-order chi connectivity index (χ0) is 10.6. The van der Waals surface area contributed by atoms with E-state index in [0.717, 1.165) is 5.92 Å². The summed E-state index contributed by atoms with van der Waals surface area (Å²) in [6, 6.07) is -0.654. The molecule has 1 fully saturated rings. The second-order valence-corrected chi connectivity index (χ2v) is 4.48. The normalized spacial score (nSPS) is 29.9. The number of carboxylic acid groups (broad SMARTS) is 1. The highest BCUT2D eigenvalue weighted by atomic mass is 16.4. The molecule has 0 saturated heterocycles. The molecule has 1 aliphatic rings. The number of aliphatic carboxylic acids is 1. The van der Waals surface area contributed by atoms with Gasteiger partial charge in [-0.25, -0.2) is 0 Å². The predicted molar refractivity (Wildman–Crippen MR) is 56.0 cm³/mol. The Morgan fingerprint density at radius 1 is 1.36 bits per heavy atom. The smallest absolute Gasteiger partial charge is 0.320 e. The molecule has 1 rings (SSSR count). The second-order valence-electron chi connectivity index (χ2n) is 4.48. The van der Waals surface area contributed by atoms with Gasteiger partial charge in [-0.3, -0.25) is 4.79 Å². The Bertz CT molecular complexity index is 186. The van der Waals surface area contributed by atoms with Crippen LogP contribution in [0, 0.1) is 11.8 Å². The van der Waals surface area contributed by atoms with E-state index in [0.29, 0.717) is 12.3 Å². The molecule has 0 aromatic rings. The Labute approximate surface area is 85.7 Å². The molecule has 3 N–H and O–H groups in total. The Kier molecular flexibility index (Phi) is 4.39. The quantitative estimate of drug-likeness (QED) is 0.728. The van der Waals surface area contributed by atoms with Crippen LogP contribution in [-0.4, -0.2) is 17.1 Å². The maximum Gasteiger partial charge on any atom is 0.320 e. The third kappa shape index (κ3) is 3.29. The summed E-state index contributed by atoms with van der Waals surface area (Å²) in [4.78, 5) is 10.6. The summed E-state index contributed by atoms with van der Waals surface area (Å²) < 4.78 is 0. The van der Waals surface area contributed by atoms with E-state index in [2.05, 4.69) is 6.92 Å². The van der Waals surface area contributed by atoms with Crippen LogP contribution in [0.25, 0.3) is 0 Å². The molecule has 0 amide bonds. The van der Waals surface area contributed by atoms with Crippen molar-refractivity contribution in [1.29, 1.82) is 0 Å². The lowest BCUT2D eigenvalue weighted by atomic mass is 9.78. The highest BCUT2D eigenvalue weighted by molar-refractivity contribution is 5.73. The van der Waals surface area contributed by atoms with Crippen molar-refractivity contribution in [2.75, 3.05) is 0 Å². The minimum absolute atomic E-state index is 0.545.